The number of carbonyl (C=O) groups is 2. The van der Waals surface area contributed by atoms with Crippen LogP contribution in [0.25, 0.3) is 0 Å². The van der Waals surface area contributed by atoms with E-state index in [9.17, 15) is 18.0 Å². The largest absolute Gasteiger partial charge is 0.484 e. The minimum atomic E-state index is -3.76. The third-order valence-corrected chi connectivity index (χ3v) is 5.95. The van der Waals surface area contributed by atoms with Crippen molar-refractivity contribution in [1.29, 1.82) is 0 Å². The Kier molecular flexibility index (Phi) is 7.68. The molecule has 0 heterocycles. The van der Waals surface area contributed by atoms with E-state index in [2.05, 4.69) is 10.0 Å². The summed E-state index contributed by atoms with van der Waals surface area (Å²) in [5.41, 5.74) is 2.20. The minimum Gasteiger partial charge on any atom is -0.484 e. The van der Waals surface area contributed by atoms with Gasteiger partial charge < -0.3 is 14.8 Å². The maximum atomic E-state index is 12.6. The summed E-state index contributed by atoms with van der Waals surface area (Å²) in [6.07, 6.45) is 0. The third-order valence-electron chi connectivity index (χ3n) is 4.57. The number of carbonyl (C=O) groups excluding carboxylic acids is 2. The van der Waals surface area contributed by atoms with Gasteiger partial charge in [-0.25, -0.2) is 13.2 Å². The molecule has 0 atom stereocenters. The Labute approximate surface area is 192 Å². The molecule has 3 rings (SSSR count). The van der Waals surface area contributed by atoms with Crippen LogP contribution >= 0.6 is 0 Å². The molecule has 33 heavy (non-hydrogen) atoms. The van der Waals surface area contributed by atoms with Crippen LogP contribution in [-0.2, 0) is 19.6 Å². The summed E-state index contributed by atoms with van der Waals surface area (Å²) in [6, 6.07) is 19.1. The summed E-state index contributed by atoms with van der Waals surface area (Å²) in [5.74, 6) is -0.493. The highest BCUT2D eigenvalue weighted by molar-refractivity contribution is 7.92. The van der Waals surface area contributed by atoms with Gasteiger partial charge in [0, 0.05) is 5.69 Å². The van der Waals surface area contributed by atoms with Crippen LogP contribution in [0, 0.1) is 6.92 Å². The van der Waals surface area contributed by atoms with E-state index in [4.69, 9.17) is 9.47 Å². The van der Waals surface area contributed by atoms with Crippen LogP contribution in [0.15, 0.2) is 77.7 Å². The first kappa shape index (κ1) is 23.8. The summed E-state index contributed by atoms with van der Waals surface area (Å²) >= 11 is 0. The van der Waals surface area contributed by atoms with Crippen LogP contribution in [0.5, 0.6) is 5.75 Å². The number of ether oxygens (including phenoxy) is 2. The lowest BCUT2D eigenvalue weighted by atomic mass is 10.2. The molecule has 0 saturated heterocycles. The van der Waals surface area contributed by atoms with Crippen molar-refractivity contribution in [3.63, 3.8) is 0 Å². The molecular weight excluding hydrogens is 444 g/mol. The molecule has 0 fully saturated rings. The molecule has 0 saturated carbocycles. The molecule has 8 nitrogen and oxygen atoms in total. The van der Waals surface area contributed by atoms with E-state index in [-0.39, 0.29) is 18.1 Å². The van der Waals surface area contributed by atoms with Gasteiger partial charge in [-0.05, 0) is 74.0 Å². The Morgan fingerprint density at radius 1 is 0.909 bits per heavy atom. The number of sulfonamides is 1. The first-order valence-corrected chi connectivity index (χ1v) is 11.6. The highest BCUT2D eigenvalue weighted by atomic mass is 32.2. The number of para-hydroxylation sites is 1. The van der Waals surface area contributed by atoms with Crippen LogP contribution < -0.4 is 14.8 Å². The highest BCUT2D eigenvalue weighted by Crippen LogP contribution is 2.21. The van der Waals surface area contributed by atoms with E-state index < -0.39 is 21.9 Å². The van der Waals surface area contributed by atoms with E-state index in [0.29, 0.717) is 22.7 Å². The molecule has 0 aliphatic rings. The smallest absolute Gasteiger partial charge is 0.338 e. The molecule has 172 valence electrons. The summed E-state index contributed by atoms with van der Waals surface area (Å²) in [7, 11) is -3.76. The van der Waals surface area contributed by atoms with Crippen LogP contribution in [0.3, 0.4) is 0 Å². The fraction of sp³-hybridized carbons (Fsp3) is 0.167. The van der Waals surface area contributed by atoms with Gasteiger partial charge in [0.15, 0.2) is 6.61 Å². The van der Waals surface area contributed by atoms with Crippen molar-refractivity contribution >= 4 is 33.3 Å². The molecule has 0 aliphatic carbocycles. The first-order valence-electron chi connectivity index (χ1n) is 10.2. The Bertz CT molecular complexity index is 1220. The molecule has 1 amide bonds. The Hall–Kier alpha value is -3.85. The lowest BCUT2D eigenvalue weighted by Gasteiger charge is -2.11. The average molecular weight is 469 g/mol. The number of esters is 1. The Morgan fingerprint density at radius 2 is 1.58 bits per heavy atom. The Morgan fingerprint density at radius 3 is 2.21 bits per heavy atom. The van der Waals surface area contributed by atoms with Crippen molar-refractivity contribution in [3.8, 4) is 5.75 Å². The van der Waals surface area contributed by atoms with E-state index in [0.717, 1.165) is 5.56 Å². The number of amides is 1. The highest BCUT2D eigenvalue weighted by Gasteiger charge is 2.15. The number of hydrogen-bond acceptors (Lipinski definition) is 6. The second-order valence-electron chi connectivity index (χ2n) is 7.03. The van der Waals surface area contributed by atoms with Gasteiger partial charge in [0.25, 0.3) is 15.9 Å². The van der Waals surface area contributed by atoms with E-state index in [1.165, 1.54) is 24.3 Å². The zero-order valence-electron chi connectivity index (χ0n) is 18.2. The van der Waals surface area contributed by atoms with Crippen LogP contribution in [0.4, 0.5) is 11.4 Å². The number of anilines is 2. The van der Waals surface area contributed by atoms with Gasteiger partial charge in [0.1, 0.15) is 5.75 Å². The number of hydrogen-bond donors (Lipinski definition) is 2. The van der Waals surface area contributed by atoms with E-state index >= 15 is 0 Å². The lowest BCUT2D eigenvalue weighted by Crippen LogP contribution is -2.20. The number of rotatable bonds is 9. The van der Waals surface area contributed by atoms with Crippen molar-refractivity contribution in [1.82, 2.24) is 0 Å². The van der Waals surface area contributed by atoms with Crippen molar-refractivity contribution in [2.24, 2.45) is 0 Å². The van der Waals surface area contributed by atoms with Crippen molar-refractivity contribution in [3.05, 3.63) is 83.9 Å². The maximum Gasteiger partial charge on any atom is 0.338 e. The van der Waals surface area contributed by atoms with Crippen molar-refractivity contribution in [2.75, 3.05) is 23.3 Å². The fourth-order valence-electron chi connectivity index (χ4n) is 2.86. The summed E-state index contributed by atoms with van der Waals surface area (Å²) in [6.45, 7) is 3.55. The normalized spacial score (nSPS) is 10.8. The Balaban J connectivity index is 1.54. The third kappa shape index (κ3) is 6.56. The zero-order chi connectivity index (χ0) is 23.8. The monoisotopic (exact) mass is 468 g/mol. The summed E-state index contributed by atoms with van der Waals surface area (Å²) < 4.78 is 38.1. The van der Waals surface area contributed by atoms with Crippen LogP contribution in [-0.4, -0.2) is 33.5 Å². The molecule has 0 aromatic heterocycles. The quantitative estimate of drug-likeness (QED) is 0.460. The standard InChI is InChI=1S/C24H24N2O6S/c1-3-31-24(28)18-8-10-19(11-9-18)25-23(27)16-32-20-12-14-21(15-13-20)33(29,30)26-22-7-5-4-6-17(22)2/h4-15,26H,3,16H2,1-2H3,(H,25,27). The molecule has 9 heteroatoms. The molecular formula is C24H24N2O6S. The molecule has 0 aliphatic heterocycles. The topological polar surface area (TPSA) is 111 Å². The van der Waals surface area contributed by atoms with Gasteiger partial charge in [-0.1, -0.05) is 18.2 Å². The molecule has 0 unspecified atom stereocenters. The predicted octanol–water partition coefficient (Wildman–Crippen LogP) is 3.99. The number of benzene rings is 3. The van der Waals surface area contributed by atoms with Crippen LogP contribution in [0.1, 0.15) is 22.8 Å². The second kappa shape index (κ2) is 10.6. The minimum absolute atomic E-state index is 0.0734. The van der Waals surface area contributed by atoms with Gasteiger partial charge in [0.2, 0.25) is 0 Å². The van der Waals surface area contributed by atoms with Gasteiger partial charge in [-0.3, -0.25) is 9.52 Å². The zero-order valence-corrected chi connectivity index (χ0v) is 19.0. The maximum absolute atomic E-state index is 12.6. The molecule has 3 aromatic rings. The van der Waals surface area contributed by atoms with Crippen molar-refractivity contribution < 1.29 is 27.5 Å². The van der Waals surface area contributed by atoms with Crippen molar-refractivity contribution in [2.45, 2.75) is 18.7 Å². The number of nitrogens with one attached hydrogen (secondary N) is 2. The van der Waals surface area contributed by atoms with Crippen LogP contribution in [0.2, 0.25) is 0 Å². The summed E-state index contributed by atoms with van der Waals surface area (Å²) in [4.78, 5) is 23.9. The van der Waals surface area contributed by atoms with E-state index in [1.54, 1.807) is 43.3 Å². The average Bonchev–Trinajstić information content (AvgIpc) is 2.80. The first-order chi connectivity index (χ1) is 15.8. The summed E-state index contributed by atoms with van der Waals surface area (Å²) in [5, 5.41) is 2.66. The van der Waals surface area contributed by atoms with Gasteiger partial charge in [-0.15, -0.1) is 0 Å². The molecule has 2 N–H and O–H groups in total. The molecule has 0 bridgehead atoms. The van der Waals surface area contributed by atoms with Gasteiger partial charge in [0.05, 0.1) is 22.8 Å². The molecule has 3 aromatic carbocycles. The van der Waals surface area contributed by atoms with Gasteiger partial charge in [-0.2, -0.15) is 0 Å². The molecule has 0 spiro atoms. The molecule has 0 radical (unpaired) electrons. The number of aryl methyl sites for hydroxylation is 1. The SMILES string of the molecule is CCOC(=O)c1ccc(NC(=O)COc2ccc(S(=O)(=O)Nc3ccccc3C)cc2)cc1. The van der Waals surface area contributed by atoms with Gasteiger partial charge >= 0.3 is 5.97 Å². The predicted molar refractivity (Wildman–Crippen MR) is 125 cm³/mol. The van der Waals surface area contributed by atoms with E-state index in [1.807, 2.05) is 19.1 Å². The lowest BCUT2D eigenvalue weighted by molar-refractivity contribution is -0.118. The fourth-order valence-corrected chi connectivity index (χ4v) is 3.99. The second-order valence-corrected chi connectivity index (χ2v) is 8.71.